The number of hydrogen-bond donors (Lipinski definition) is 1. The first kappa shape index (κ1) is 14.2. The summed E-state index contributed by atoms with van der Waals surface area (Å²) in [6.45, 7) is 6.10. The molecule has 0 bridgehead atoms. The van der Waals surface area contributed by atoms with E-state index in [1.165, 1.54) is 0 Å². The first-order chi connectivity index (χ1) is 9.40. The molecule has 2 rings (SSSR count). The zero-order valence-electron chi connectivity index (χ0n) is 11.9. The van der Waals surface area contributed by atoms with Gasteiger partial charge in [0.15, 0.2) is 5.78 Å². The maximum atomic E-state index is 11.9. The number of carbonyl (C=O) groups is 2. The zero-order valence-corrected chi connectivity index (χ0v) is 11.9. The van der Waals surface area contributed by atoms with E-state index in [4.69, 9.17) is 5.11 Å². The predicted octanol–water partition coefficient (Wildman–Crippen LogP) is 2.97. The van der Waals surface area contributed by atoms with Crippen LogP contribution in [0.3, 0.4) is 0 Å². The molecule has 2 aromatic rings. The molecule has 1 aromatic carbocycles. The number of fused-ring (bicyclic) bond motifs is 1. The summed E-state index contributed by atoms with van der Waals surface area (Å²) in [5, 5.41) is 8.61. The van der Waals surface area contributed by atoms with Crippen LogP contribution in [0.15, 0.2) is 18.2 Å². The van der Waals surface area contributed by atoms with Crippen LogP contribution in [0.4, 0.5) is 0 Å². The molecule has 0 saturated carbocycles. The number of hydrogen-bond acceptors (Lipinski definition) is 3. The van der Waals surface area contributed by atoms with Gasteiger partial charge in [0.1, 0.15) is 5.82 Å². The van der Waals surface area contributed by atoms with E-state index >= 15 is 0 Å². The normalized spacial score (nSPS) is 11.2. The Balaban J connectivity index is 2.35. The maximum Gasteiger partial charge on any atom is 0.303 e. The largest absolute Gasteiger partial charge is 0.481 e. The fraction of sp³-hybridized carbons (Fsp3) is 0.400. The Labute approximate surface area is 117 Å². The van der Waals surface area contributed by atoms with Gasteiger partial charge in [-0.05, 0) is 39.0 Å². The van der Waals surface area contributed by atoms with E-state index in [1.807, 2.05) is 13.0 Å². The van der Waals surface area contributed by atoms with Gasteiger partial charge in [-0.2, -0.15) is 0 Å². The third-order valence-electron chi connectivity index (χ3n) is 3.27. The lowest BCUT2D eigenvalue weighted by atomic mass is 10.1. The molecule has 0 radical (unpaired) electrons. The molecule has 0 unspecified atom stereocenters. The lowest BCUT2D eigenvalue weighted by molar-refractivity contribution is -0.136. The lowest BCUT2D eigenvalue weighted by Gasteiger charge is -2.10. The van der Waals surface area contributed by atoms with Crippen LogP contribution in [0.25, 0.3) is 11.0 Å². The van der Waals surface area contributed by atoms with Crippen LogP contribution in [0, 0.1) is 6.92 Å². The molecule has 0 aliphatic carbocycles. The van der Waals surface area contributed by atoms with Crippen LogP contribution in [-0.2, 0) is 4.79 Å². The molecule has 20 heavy (non-hydrogen) atoms. The smallest absolute Gasteiger partial charge is 0.303 e. The highest BCUT2D eigenvalue weighted by atomic mass is 16.4. The highest BCUT2D eigenvalue weighted by Crippen LogP contribution is 2.22. The number of aliphatic carboxylic acids is 1. The highest BCUT2D eigenvalue weighted by Gasteiger charge is 2.13. The first-order valence-electron chi connectivity index (χ1n) is 6.63. The summed E-state index contributed by atoms with van der Waals surface area (Å²) >= 11 is 0. The van der Waals surface area contributed by atoms with Crippen LogP contribution in [0.1, 0.15) is 48.9 Å². The third kappa shape index (κ3) is 2.71. The van der Waals surface area contributed by atoms with Crippen molar-refractivity contribution in [3.63, 3.8) is 0 Å². The van der Waals surface area contributed by atoms with E-state index in [0.717, 1.165) is 16.9 Å². The second kappa shape index (κ2) is 5.45. The summed E-state index contributed by atoms with van der Waals surface area (Å²) in [6, 6.07) is 5.66. The number of rotatable bonds is 5. The van der Waals surface area contributed by atoms with Gasteiger partial charge in [-0.3, -0.25) is 9.59 Å². The monoisotopic (exact) mass is 274 g/mol. The summed E-state index contributed by atoms with van der Waals surface area (Å²) in [5.41, 5.74) is 2.29. The molecule has 106 valence electrons. The van der Waals surface area contributed by atoms with Crippen LogP contribution < -0.4 is 0 Å². The van der Waals surface area contributed by atoms with E-state index in [1.54, 1.807) is 12.1 Å². The fourth-order valence-corrected chi connectivity index (χ4v) is 2.41. The lowest BCUT2D eigenvalue weighted by Crippen LogP contribution is -2.04. The van der Waals surface area contributed by atoms with Gasteiger partial charge < -0.3 is 9.67 Å². The predicted molar refractivity (Wildman–Crippen MR) is 76.1 cm³/mol. The maximum absolute atomic E-state index is 11.9. The summed E-state index contributed by atoms with van der Waals surface area (Å²) in [7, 11) is 0. The summed E-state index contributed by atoms with van der Waals surface area (Å²) in [6.07, 6.45) is -0.124. The quantitative estimate of drug-likeness (QED) is 0.851. The van der Waals surface area contributed by atoms with Gasteiger partial charge in [0, 0.05) is 18.0 Å². The van der Waals surface area contributed by atoms with E-state index < -0.39 is 5.97 Å². The first-order valence-corrected chi connectivity index (χ1v) is 6.63. The van der Waals surface area contributed by atoms with Crippen LogP contribution in [-0.4, -0.2) is 26.4 Å². The van der Waals surface area contributed by atoms with E-state index in [0.29, 0.717) is 11.6 Å². The third-order valence-corrected chi connectivity index (χ3v) is 3.27. The van der Waals surface area contributed by atoms with Crippen molar-refractivity contribution in [1.29, 1.82) is 0 Å². The SMILES string of the molecule is Cc1nc2cc(C(=O)CCC(=O)O)ccc2n1C(C)C. The zero-order chi connectivity index (χ0) is 14.9. The van der Waals surface area contributed by atoms with Crippen molar-refractivity contribution >= 4 is 22.8 Å². The second-order valence-corrected chi connectivity index (χ2v) is 5.14. The van der Waals surface area contributed by atoms with Gasteiger partial charge >= 0.3 is 5.97 Å². The summed E-state index contributed by atoms with van der Waals surface area (Å²) in [5.74, 6) is -0.212. The van der Waals surface area contributed by atoms with Gasteiger partial charge in [0.2, 0.25) is 0 Å². The van der Waals surface area contributed by atoms with Gasteiger partial charge in [-0.25, -0.2) is 4.98 Å². The van der Waals surface area contributed by atoms with Gasteiger partial charge in [0.25, 0.3) is 0 Å². The van der Waals surface area contributed by atoms with Crippen LogP contribution in [0.2, 0.25) is 0 Å². The highest BCUT2D eigenvalue weighted by molar-refractivity contribution is 6.00. The molecule has 5 nitrogen and oxygen atoms in total. The number of Topliss-reactive ketones (excluding diaryl/α,β-unsaturated/α-hetero) is 1. The van der Waals surface area contributed by atoms with Crippen molar-refractivity contribution in [1.82, 2.24) is 9.55 Å². The molecule has 1 N–H and O–H groups in total. The molecule has 0 atom stereocenters. The van der Waals surface area contributed by atoms with Crippen molar-refractivity contribution in [3.8, 4) is 0 Å². The Bertz CT molecular complexity index is 671. The van der Waals surface area contributed by atoms with Crippen molar-refractivity contribution in [2.75, 3.05) is 0 Å². The molecule has 0 aliphatic heterocycles. The number of aryl methyl sites for hydroxylation is 1. The van der Waals surface area contributed by atoms with Crippen LogP contribution >= 0.6 is 0 Å². The Hall–Kier alpha value is -2.17. The Kier molecular flexibility index (Phi) is 3.88. The molecular weight excluding hydrogens is 256 g/mol. The summed E-state index contributed by atoms with van der Waals surface area (Å²) < 4.78 is 2.11. The molecular formula is C15H18N2O3. The van der Waals surface area contributed by atoms with Gasteiger partial charge in [-0.1, -0.05) is 0 Å². The van der Waals surface area contributed by atoms with E-state index in [2.05, 4.69) is 23.4 Å². The van der Waals surface area contributed by atoms with Gasteiger partial charge in [0.05, 0.1) is 17.5 Å². The molecule has 5 heteroatoms. The number of carbonyl (C=O) groups excluding carboxylic acids is 1. The summed E-state index contributed by atoms with van der Waals surface area (Å²) in [4.78, 5) is 26.9. The minimum Gasteiger partial charge on any atom is -0.481 e. The Morgan fingerprint density at radius 2 is 2.00 bits per heavy atom. The van der Waals surface area contributed by atoms with Crippen molar-refractivity contribution in [2.24, 2.45) is 0 Å². The van der Waals surface area contributed by atoms with Crippen molar-refractivity contribution < 1.29 is 14.7 Å². The molecule has 1 aromatic heterocycles. The number of nitrogens with zero attached hydrogens (tertiary/aromatic N) is 2. The average Bonchev–Trinajstić information content (AvgIpc) is 2.70. The Morgan fingerprint density at radius 1 is 1.30 bits per heavy atom. The number of benzene rings is 1. The molecule has 0 aliphatic rings. The second-order valence-electron chi connectivity index (χ2n) is 5.14. The molecule has 0 saturated heterocycles. The topological polar surface area (TPSA) is 72.2 Å². The Morgan fingerprint density at radius 3 is 2.60 bits per heavy atom. The van der Waals surface area contributed by atoms with E-state index in [-0.39, 0.29) is 18.6 Å². The fourth-order valence-electron chi connectivity index (χ4n) is 2.41. The minimum absolute atomic E-state index is 0.0186. The standard InChI is InChI=1S/C15H18N2O3/c1-9(2)17-10(3)16-12-8-11(4-5-13(12)17)14(18)6-7-15(19)20/h4-5,8-9H,6-7H2,1-3H3,(H,19,20). The van der Waals surface area contributed by atoms with E-state index in [9.17, 15) is 9.59 Å². The average molecular weight is 274 g/mol. The molecule has 1 heterocycles. The number of carboxylic acid groups (broad SMARTS) is 1. The molecule has 0 spiro atoms. The van der Waals surface area contributed by atoms with Crippen LogP contribution in [0.5, 0.6) is 0 Å². The minimum atomic E-state index is -0.959. The van der Waals surface area contributed by atoms with Gasteiger partial charge in [-0.15, -0.1) is 0 Å². The molecule has 0 fully saturated rings. The number of ketones is 1. The number of aromatic nitrogens is 2. The number of imidazole rings is 1. The number of carboxylic acids is 1. The van der Waals surface area contributed by atoms with Crippen molar-refractivity contribution in [2.45, 2.75) is 39.7 Å². The van der Waals surface area contributed by atoms with Crippen molar-refractivity contribution in [3.05, 3.63) is 29.6 Å². The molecule has 0 amide bonds.